The van der Waals surface area contributed by atoms with Crippen LogP contribution in [0, 0.1) is 5.82 Å². The van der Waals surface area contributed by atoms with Gasteiger partial charge in [-0.05, 0) is 43.2 Å². The van der Waals surface area contributed by atoms with E-state index in [-0.39, 0.29) is 11.9 Å². The van der Waals surface area contributed by atoms with Crippen molar-refractivity contribution in [3.05, 3.63) is 72.6 Å². The van der Waals surface area contributed by atoms with Crippen LogP contribution in [0.2, 0.25) is 0 Å². The van der Waals surface area contributed by atoms with Crippen molar-refractivity contribution in [1.29, 1.82) is 0 Å². The smallest absolute Gasteiger partial charge is 0.191 e. The number of halogens is 1. The number of hydrogen-bond donors (Lipinski definition) is 2. The van der Waals surface area contributed by atoms with E-state index >= 15 is 0 Å². The van der Waals surface area contributed by atoms with Crippen molar-refractivity contribution in [3.63, 3.8) is 0 Å². The molecule has 7 nitrogen and oxygen atoms in total. The minimum absolute atomic E-state index is 0.0994. The van der Waals surface area contributed by atoms with E-state index in [9.17, 15) is 4.39 Å². The highest BCUT2D eigenvalue weighted by molar-refractivity contribution is 5.79. The summed E-state index contributed by atoms with van der Waals surface area (Å²) in [7, 11) is 0. The van der Waals surface area contributed by atoms with Crippen LogP contribution < -0.4 is 15.4 Å². The van der Waals surface area contributed by atoms with Crippen LogP contribution in [0.15, 0.2) is 66.2 Å². The standard InChI is InChI=1S/C22H27FN6O/c1-3-20(30-21-7-5-6-18(23)12-21)14-27-22(25-4-2)26-13-17-8-10-19(11-9-17)29-16-24-15-28-29/h5-12,15-16,20H,3-4,13-14H2,1-2H3,(H2,25,26,27). The van der Waals surface area contributed by atoms with Gasteiger partial charge in [-0.3, -0.25) is 0 Å². The predicted molar refractivity (Wildman–Crippen MR) is 115 cm³/mol. The number of aliphatic imine (C=N–C) groups is 1. The molecule has 8 heteroatoms. The second-order valence-electron chi connectivity index (χ2n) is 6.69. The molecular weight excluding hydrogens is 383 g/mol. The molecule has 0 saturated carbocycles. The Morgan fingerprint density at radius 3 is 2.67 bits per heavy atom. The number of nitrogens with one attached hydrogen (secondary N) is 2. The number of aromatic nitrogens is 3. The molecule has 0 aliphatic carbocycles. The van der Waals surface area contributed by atoms with Crippen LogP contribution in [0.3, 0.4) is 0 Å². The van der Waals surface area contributed by atoms with E-state index in [0.717, 1.165) is 24.2 Å². The first-order valence-electron chi connectivity index (χ1n) is 10.1. The third kappa shape index (κ3) is 6.30. The molecule has 3 rings (SSSR count). The van der Waals surface area contributed by atoms with Gasteiger partial charge in [0.15, 0.2) is 5.96 Å². The number of nitrogens with zero attached hydrogens (tertiary/aromatic N) is 4. The highest BCUT2D eigenvalue weighted by Crippen LogP contribution is 2.15. The van der Waals surface area contributed by atoms with Gasteiger partial charge in [-0.2, -0.15) is 5.10 Å². The van der Waals surface area contributed by atoms with Gasteiger partial charge in [0.25, 0.3) is 0 Å². The van der Waals surface area contributed by atoms with Gasteiger partial charge < -0.3 is 15.4 Å². The Balaban J connectivity index is 1.56. The van der Waals surface area contributed by atoms with Crippen LogP contribution in [0.4, 0.5) is 4.39 Å². The van der Waals surface area contributed by atoms with Gasteiger partial charge in [-0.15, -0.1) is 0 Å². The maximum atomic E-state index is 13.4. The van der Waals surface area contributed by atoms with Crippen molar-refractivity contribution in [2.24, 2.45) is 4.99 Å². The van der Waals surface area contributed by atoms with Crippen LogP contribution in [0.5, 0.6) is 5.75 Å². The van der Waals surface area contributed by atoms with E-state index in [1.807, 2.05) is 38.1 Å². The van der Waals surface area contributed by atoms with E-state index in [0.29, 0.717) is 24.8 Å². The second kappa shape index (κ2) is 10.9. The fourth-order valence-electron chi connectivity index (χ4n) is 2.82. The lowest BCUT2D eigenvalue weighted by Gasteiger charge is -2.20. The number of rotatable bonds is 9. The molecule has 30 heavy (non-hydrogen) atoms. The fraction of sp³-hybridized carbons (Fsp3) is 0.318. The molecule has 0 spiro atoms. The molecule has 1 aromatic heterocycles. The van der Waals surface area contributed by atoms with Gasteiger partial charge in [0.1, 0.15) is 30.3 Å². The summed E-state index contributed by atoms with van der Waals surface area (Å²) in [4.78, 5) is 8.61. The largest absolute Gasteiger partial charge is 0.489 e. The molecule has 0 amide bonds. The molecule has 1 atom stereocenters. The van der Waals surface area contributed by atoms with Gasteiger partial charge >= 0.3 is 0 Å². The molecule has 0 aliphatic heterocycles. The fourth-order valence-corrected chi connectivity index (χ4v) is 2.82. The van der Waals surface area contributed by atoms with Crippen molar-refractivity contribution in [2.75, 3.05) is 13.1 Å². The maximum Gasteiger partial charge on any atom is 0.191 e. The molecule has 0 aliphatic rings. The van der Waals surface area contributed by atoms with Gasteiger partial charge in [-0.1, -0.05) is 25.1 Å². The Kier molecular flexibility index (Phi) is 7.77. The molecule has 2 N–H and O–H groups in total. The van der Waals surface area contributed by atoms with Crippen molar-refractivity contribution in [1.82, 2.24) is 25.4 Å². The first kappa shape index (κ1) is 21.3. The Hall–Kier alpha value is -3.42. The number of ether oxygens (including phenoxy) is 1. The average molecular weight is 410 g/mol. The third-order valence-corrected chi connectivity index (χ3v) is 4.43. The lowest BCUT2D eigenvalue weighted by atomic mass is 10.2. The molecule has 0 fully saturated rings. The summed E-state index contributed by atoms with van der Waals surface area (Å²) in [5, 5.41) is 10.7. The van der Waals surface area contributed by atoms with Crippen molar-refractivity contribution >= 4 is 5.96 Å². The zero-order valence-corrected chi connectivity index (χ0v) is 17.3. The lowest BCUT2D eigenvalue weighted by Crippen LogP contribution is -2.42. The molecule has 2 aromatic carbocycles. The van der Waals surface area contributed by atoms with Gasteiger partial charge in [0.2, 0.25) is 0 Å². The summed E-state index contributed by atoms with van der Waals surface area (Å²) in [6, 6.07) is 14.2. The number of guanidine groups is 1. The van der Waals surface area contributed by atoms with E-state index in [2.05, 4.69) is 25.7 Å². The summed E-state index contributed by atoms with van der Waals surface area (Å²) < 4.78 is 21.0. The number of benzene rings is 2. The van der Waals surface area contributed by atoms with Crippen molar-refractivity contribution in [3.8, 4) is 11.4 Å². The third-order valence-electron chi connectivity index (χ3n) is 4.43. The van der Waals surface area contributed by atoms with Gasteiger partial charge in [0, 0.05) is 12.6 Å². The molecule has 1 unspecified atom stereocenters. The Labute approximate surface area is 176 Å². The normalized spacial score (nSPS) is 12.4. The minimum Gasteiger partial charge on any atom is -0.489 e. The predicted octanol–water partition coefficient (Wildman–Crippen LogP) is 3.32. The lowest BCUT2D eigenvalue weighted by molar-refractivity contribution is 0.198. The summed E-state index contributed by atoms with van der Waals surface area (Å²) in [5.74, 6) is 0.928. The minimum atomic E-state index is -0.306. The number of hydrogen-bond acceptors (Lipinski definition) is 4. The molecule has 1 heterocycles. The zero-order chi connectivity index (χ0) is 21.2. The molecule has 0 saturated heterocycles. The van der Waals surface area contributed by atoms with Crippen LogP contribution in [-0.4, -0.2) is 39.9 Å². The Morgan fingerprint density at radius 2 is 2.00 bits per heavy atom. The van der Waals surface area contributed by atoms with E-state index in [1.54, 1.807) is 23.1 Å². The highest BCUT2D eigenvalue weighted by Gasteiger charge is 2.10. The average Bonchev–Trinajstić information content (AvgIpc) is 3.30. The summed E-state index contributed by atoms with van der Waals surface area (Å²) in [6.45, 7) is 5.90. The Bertz CT molecular complexity index is 927. The van der Waals surface area contributed by atoms with Gasteiger partial charge in [0.05, 0.1) is 18.8 Å². The highest BCUT2D eigenvalue weighted by atomic mass is 19.1. The van der Waals surface area contributed by atoms with Crippen LogP contribution in [0.25, 0.3) is 5.69 Å². The van der Waals surface area contributed by atoms with Crippen LogP contribution in [0.1, 0.15) is 25.8 Å². The molecular formula is C22H27FN6O. The summed E-state index contributed by atoms with van der Waals surface area (Å²) >= 11 is 0. The maximum absolute atomic E-state index is 13.4. The summed E-state index contributed by atoms with van der Waals surface area (Å²) in [6.07, 6.45) is 3.86. The van der Waals surface area contributed by atoms with E-state index < -0.39 is 0 Å². The first-order valence-corrected chi connectivity index (χ1v) is 10.1. The monoisotopic (exact) mass is 410 g/mol. The molecule has 0 bridgehead atoms. The quantitative estimate of drug-likeness (QED) is 0.418. The van der Waals surface area contributed by atoms with E-state index in [4.69, 9.17) is 4.74 Å². The van der Waals surface area contributed by atoms with Crippen molar-refractivity contribution in [2.45, 2.75) is 32.9 Å². The zero-order valence-electron chi connectivity index (χ0n) is 17.3. The second-order valence-corrected chi connectivity index (χ2v) is 6.69. The SMILES string of the molecule is CCNC(=NCc1ccc(-n2cncn2)cc1)NCC(CC)Oc1cccc(F)c1. The topological polar surface area (TPSA) is 76.4 Å². The molecule has 158 valence electrons. The van der Waals surface area contributed by atoms with Crippen LogP contribution >= 0.6 is 0 Å². The van der Waals surface area contributed by atoms with Crippen molar-refractivity contribution < 1.29 is 9.13 Å². The first-order chi connectivity index (χ1) is 14.7. The van der Waals surface area contributed by atoms with E-state index in [1.165, 1.54) is 18.5 Å². The molecule has 0 radical (unpaired) electrons. The molecule has 3 aromatic rings. The van der Waals surface area contributed by atoms with Gasteiger partial charge in [-0.25, -0.2) is 19.0 Å². The summed E-state index contributed by atoms with van der Waals surface area (Å²) in [5.41, 5.74) is 2.03. The Morgan fingerprint density at radius 1 is 1.17 bits per heavy atom. The van der Waals surface area contributed by atoms with Crippen LogP contribution in [-0.2, 0) is 6.54 Å².